The third-order valence-corrected chi connectivity index (χ3v) is 0.647. The van der Waals surface area contributed by atoms with Gasteiger partial charge in [-0.1, -0.05) is 0 Å². The number of rotatable bonds is 0. The van der Waals surface area contributed by atoms with Gasteiger partial charge in [-0.05, 0) is 0 Å². The summed E-state index contributed by atoms with van der Waals surface area (Å²) in [6.07, 6.45) is 0. The number of hydrogen-bond donors (Lipinski definition) is 0. The molecule has 0 radical (unpaired) electrons. The average Bonchev–Trinajstić information content (AvgIpc) is 1.37. The molecule has 0 amide bonds. The van der Waals surface area contributed by atoms with Crippen LogP contribution in [0.3, 0.4) is 0 Å². The molecule has 0 atom stereocenters. The summed E-state index contributed by atoms with van der Waals surface area (Å²) >= 11 is 1.98. The van der Waals surface area contributed by atoms with Gasteiger partial charge in [0, 0.05) is 0 Å². The van der Waals surface area contributed by atoms with Crippen LogP contribution < -0.4 is 0 Å². The van der Waals surface area contributed by atoms with Crippen LogP contribution in [0.4, 0.5) is 0 Å². The van der Waals surface area contributed by atoms with E-state index in [1.54, 1.807) is 0 Å². The van der Waals surface area contributed by atoms with Crippen LogP contribution in [0.15, 0.2) is 0 Å². The molecular formula is C3H3Pt. The van der Waals surface area contributed by atoms with Crippen LogP contribution in [0, 0.1) is 10.2 Å². The van der Waals surface area contributed by atoms with Gasteiger partial charge in [0.2, 0.25) is 0 Å². The van der Waals surface area contributed by atoms with Gasteiger partial charge in [0.05, 0.1) is 0 Å². The Morgan fingerprint density at radius 3 is 2.00 bits per heavy atom. The molecule has 0 bridgehead atoms. The van der Waals surface area contributed by atoms with Crippen molar-refractivity contribution in [2.75, 3.05) is 0 Å². The summed E-state index contributed by atoms with van der Waals surface area (Å²) in [6, 6.07) is 0. The van der Waals surface area contributed by atoms with Gasteiger partial charge in [-0.15, -0.1) is 0 Å². The first-order valence-electron chi connectivity index (χ1n) is 0.908. The first-order valence-corrected chi connectivity index (χ1v) is 2.04. The van der Waals surface area contributed by atoms with Crippen molar-refractivity contribution in [3.63, 3.8) is 0 Å². The second-order valence-corrected chi connectivity index (χ2v) is 0.897. The fraction of sp³-hybridized carbons (Fsp3) is 0.333. The second kappa shape index (κ2) is 3.25. The maximum atomic E-state index is 2.67. The van der Waals surface area contributed by atoms with Gasteiger partial charge in [0.25, 0.3) is 0 Å². The molecule has 0 N–H and O–H groups in total. The Morgan fingerprint density at radius 2 is 2.00 bits per heavy atom. The molecular weight excluding hydrogens is 231 g/mol. The van der Waals surface area contributed by atoms with Gasteiger partial charge < -0.3 is 0 Å². The van der Waals surface area contributed by atoms with E-state index >= 15 is 0 Å². The Hall–Kier alpha value is 0.248. The summed E-state index contributed by atoms with van der Waals surface area (Å²) in [5, 5.41) is 0. The summed E-state index contributed by atoms with van der Waals surface area (Å²) < 4.78 is 2.65. The summed E-state index contributed by atoms with van der Waals surface area (Å²) in [5.74, 6) is 2.67. The minimum atomic E-state index is 1.81. The molecule has 0 aliphatic rings. The van der Waals surface area contributed by atoms with E-state index in [0.29, 0.717) is 0 Å². The topological polar surface area (TPSA) is 0 Å². The van der Waals surface area contributed by atoms with E-state index in [0.717, 1.165) is 0 Å². The molecule has 0 aromatic rings. The summed E-state index contributed by atoms with van der Waals surface area (Å²) in [5.41, 5.74) is 0. The monoisotopic (exact) mass is 234 g/mol. The molecule has 0 spiro atoms. The predicted octanol–water partition coefficient (Wildman–Crippen LogP) is 0.514. The molecule has 0 saturated heterocycles. The van der Waals surface area contributed by atoms with Crippen molar-refractivity contribution < 1.29 is 19.8 Å². The first kappa shape index (κ1) is 4.25. The summed E-state index contributed by atoms with van der Waals surface area (Å²) in [7, 11) is 0. The first-order chi connectivity index (χ1) is 1.91. The zero-order valence-corrected chi connectivity index (χ0v) is 4.59. The van der Waals surface area contributed by atoms with E-state index in [-0.39, 0.29) is 0 Å². The van der Waals surface area contributed by atoms with E-state index in [1.807, 2.05) is 26.7 Å². The zero-order chi connectivity index (χ0) is 3.41. The Balaban J connectivity index is 2.83. The third-order valence-electron chi connectivity index (χ3n) is 0.0791. The minimum absolute atomic E-state index is 1.81. The Bertz CT molecular complexity index is 40.0. The van der Waals surface area contributed by atoms with Gasteiger partial charge in [0.1, 0.15) is 0 Å². The van der Waals surface area contributed by atoms with Gasteiger partial charge in [0.15, 0.2) is 0 Å². The molecule has 0 aliphatic carbocycles. The molecule has 0 unspecified atom stereocenters. The van der Waals surface area contributed by atoms with Crippen molar-refractivity contribution in [3.05, 3.63) is 0 Å². The molecule has 0 aromatic heterocycles. The van der Waals surface area contributed by atoms with E-state index in [2.05, 4.69) is 10.2 Å². The van der Waals surface area contributed by atoms with Gasteiger partial charge in [-0.3, -0.25) is 0 Å². The van der Waals surface area contributed by atoms with E-state index in [4.69, 9.17) is 0 Å². The van der Waals surface area contributed by atoms with E-state index in [1.165, 1.54) is 0 Å². The molecule has 0 aromatic carbocycles. The van der Waals surface area contributed by atoms with Crippen LogP contribution in [0.5, 0.6) is 0 Å². The van der Waals surface area contributed by atoms with Gasteiger partial charge in [-0.2, -0.15) is 0 Å². The van der Waals surface area contributed by atoms with Crippen molar-refractivity contribution in [2.24, 2.45) is 0 Å². The summed E-state index contributed by atoms with van der Waals surface area (Å²) in [6.45, 7) is 1.81. The molecule has 0 fully saturated rings. The predicted molar refractivity (Wildman–Crippen MR) is 13.5 cm³/mol. The Morgan fingerprint density at radius 1 is 1.75 bits per heavy atom. The van der Waals surface area contributed by atoms with Crippen LogP contribution in [-0.2, 0) is 19.8 Å². The van der Waals surface area contributed by atoms with Crippen molar-refractivity contribution in [3.8, 4) is 10.2 Å². The SMILES string of the molecule is CC#[C][Pt]. The average molecular weight is 234 g/mol. The van der Waals surface area contributed by atoms with Crippen molar-refractivity contribution >= 4 is 0 Å². The fourth-order valence-electron chi connectivity index (χ4n) is 0. The van der Waals surface area contributed by atoms with Gasteiger partial charge in [-0.25, -0.2) is 0 Å². The Labute approximate surface area is 37.5 Å². The molecule has 0 nitrogen and oxygen atoms in total. The Kier molecular flexibility index (Phi) is 3.45. The summed E-state index contributed by atoms with van der Waals surface area (Å²) in [4.78, 5) is 0. The van der Waals surface area contributed by atoms with Crippen LogP contribution in [-0.4, -0.2) is 0 Å². The van der Waals surface area contributed by atoms with Crippen molar-refractivity contribution in [1.29, 1.82) is 0 Å². The molecule has 0 saturated carbocycles. The van der Waals surface area contributed by atoms with E-state index < -0.39 is 0 Å². The van der Waals surface area contributed by atoms with Crippen LogP contribution in [0.25, 0.3) is 0 Å². The molecule has 25 valence electrons. The van der Waals surface area contributed by atoms with Gasteiger partial charge >= 0.3 is 37.0 Å². The third kappa shape index (κ3) is 2.25. The van der Waals surface area contributed by atoms with Crippen LogP contribution >= 0.6 is 0 Å². The molecule has 4 heavy (non-hydrogen) atoms. The van der Waals surface area contributed by atoms with Crippen LogP contribution in [0.1, 0.15) is 6.92 Å². The number of hydrogen-bond acceptors (Lipinski definition) is 0. The quantitative estimate of drug-likeness (QED) is 0.536. The molecule has 0 heterocycles. The fourth-order valence-corrected chi connectivity index (χ4v) is 0. The molecule has 0 rings (SSSR count). The zero-order valence-electron chi connectivity index (χ0n) is 2.32. The standard InChI is InChI=1S/C3H3.Pt/c1-3-2;/h1H3;. The van der Waals surface area contributed by atoms with Crippen LogP contribution in [0.2, 0.25) is 0 Å². The van der Waals surface area contributed by atoms with Crippen molar-refractivity contribution in [2.45, 2.75) is 6.92 Å². The maximum absolute atomic E-state index is 2.67. The molecule has 0 aliphatic heterocycles. The normalized spacial score (nSPS) is 3.75. The second-order valence-electron chi connectivity index (χ2n) is 0.329. The van der Waals surface area contributed by atoms with E-state index in [9.17, 15) is 0 Å². The van der Waals surface area contributed by atoms with Crippen molar-refractivity contribution in [1.82, 2.24) is 0 Å². The molecule has 1 heteroatoms.